The summed E-state index contributed by atoms with van der Waals surface area (Å²) in [6.45, 7) is 3.27. The highest BCUT2D eigenvalue weighted by Gasteiger charge is 2.28. The predicted molar refractivity (Wildman–Crippen MR) is 91.6 cm³/mol. The van der Waals surface area contributed by atoms with Crippen molar-refractivity contribution in [2.24, 2.45) is 0 Å². The van der Waals surface area contributed by atoms with Crippen LogP contribution in [0, 0.1) is 6.92 Å². The first kappa shape index (κ1) is 16.1. The molecule has 1 amide bonds. The molecule has 0 unspecified atom stereocenters. The third-order valence-corrected chi connectivity index (χ3v) is 5.10. The molecule has 4 rings (SSSR count). The highest BCUT2D eigenvalue weighted by molar-refractivity contribution is 5.78. The van der Waals surface area contributed by atoms with Crippen molar-refractivity contribution in [2.75, 3.05) is 19.7 Å². The number of carbonyl (C=O) groups excluding carboxylic acids is 1. The fourth-order valence-electron chi connectivity index (χ4n) is 3.76. The monoisotopic (exact) mass is 341 g/mol. The van der Waals surface area contributed by atoms with Gasteiger partial charge < -0.3 is 14.2 Å². The molecule has 0 radical (unpaired) electrons. The average molecular weight is 341 g/mol. The van der Waals surface area contributed by atoms with Gasteiger partial charge in [-0.05, 0) is 62.3 Å². The van der Waals surface area contributed by atoms with Gasteiger partial charge in [0.1, 0.15) is 5.75 Å². The van der Waals surface area contributed by atoms with E-state index in [0.717, 1.165) is 38.0 Å². The molecule has 0 N–H and O–H groups in total. The van der Waals surface area contributed by atoms with E-state index in [1.807, 2.05) is 17.9 Å². The number of amides is 1. The van der Waals surface area contributed by atoms with Crippen molar-refractivity contribution in [3.63, 3.8) is 0 Å². The summed E-state index contributed by atoms with van der Waals surface area (Å²) < 4.78 is 11.0. The van der Waals surface area contributed by atoms with Crippen LogP contribution in [0.1, 0.15) is 48.0 Å². The number of rotatable bonds is 4. The second kappa shape index (κ2) is 6.86. The van der Waals surface area contributed by atoms with Gasteiger partial charge in [-0.3, -0.25) is 4.79 Å². The van der Waals surface area contributed by atoms with Crippen molar-refractivity contribution >= 4 is 5.91 Å². The third kappa shape index (κ3) is 3.52. The predicted octanol–water partition coefficient (Wildman–Crippen LogP) is 2.65. The molecule has 2 aromatic rings. The standard InChI is InChI=1S/C19H23N3O3/c1-13-20-19(25-21-13)16-6-3-9-22(11-16)18(23)12-24-17-8-7-14-4-2-5-15(14)10-17/h7-8,10,16H,2-6,9,11-12H2,1H3/t16-/m0/s1. The highest BCUT2D eigenvalue weighted by Crippen LogP contribution is 2.27. The lowest BCUT2D eigenvalue weighted by atomic mass is 9.98. The van der Waals surface area contributed by atoms with Crippen LogP contribution in [0.3, 0.4) is 0 Å². The largest absolute Gasteiger partial charge is 0.484 e. The number of ether oxygens (including phenoxy) is 1. The fourth-order valence-corrected chi connectivity index (χ4v) is 3.76. The van der Waals surface area contributed by atoms with Crippen LogP contribution in [0.4, 0.5) is 0 Å². The third-order valence-electron chi connectivity index (χ3n) is 5.10. The number of nitrogens with zero attached hydrogens (tertiary/aromatic N) is 3. The topological polar surface area (TPSA) is 68.5 Å². The Morgan fingerprint density at radius 1 is 1.32 bits per heavy atom. The van der Waals surface area contributed by atoms with Crippen molar-refractivity contribution in [3.05, 3.63) is 41.0 Å². The van der Waals surface area contributed by atoms with Gasteiger partial charge in [0.25, 0.3) is 5.91 Å². The normalized spacial score (nSPS) is 19.7. The number of carbonyl (C=O) groups is 1. The lowest BCUT2D eigenvalue weighted by molar-refractivity contribution is -0.134. The SMILES string of the molecule is Cc1noc([C@H]2CCCN(C(=O)COc3ccc4c(c3)CCC4)C2)n1. The highest BCUT2D eigenvalue weighted by atomic mass is 16.5. The Morgan fingerprint density at radius 3 is 3.04 bits per heavy atom. The van der Waals surface area contributed by atoms with Crippen LogP contribution in [0.5, 0.6) is 5.75 Å². The lowest BCUT2D eigenvalue weighted by Crippen LogP contribution is -2.41. The maximum Gasteiger partial charge on any atom is 0.260 e. The number of likely N-dealkylation sites (tertiary alicyclic amines) is 1. The summed E-state index contributed by atoms with van der Waals surface area (Å²) in [7, 11) is 0. The fraction of sp³-hybridized carbons (Fsp3) is 0.526. The Balaban J connectivity index is 1.34. The van der Waals surface area contributed by atoms with E-state index in [0.29, 0.717) is 18.3 Å². The van der Waals surface area contributed by atoms with Gasteiger partial charge in [0.2, 0.25) is 5.89 Å². The van der Waals surface area contributed by atoms with E-state index in [9.17, 15) is 4.79 Å². The van der Waals surface area contributed by atoms with Crippen LogP contribution in [-0.4, -0.2) is 40.6 Å². The molecule has 2 aliphatic rings. The molecule has 0 bridgehead atoms. The number of benzene rings is 1. The van der Waals surface area contributed by atoms with E-state index < -0.39 is 0 Å². The van der Waals surface area contributed by atoms with E-state index in [2.05, 4.69) is 22.3 Å². The Labute approximate surface area is 147 Å². The van der Waals surface area contributed by atoms with E-state index in [1.165, 1.54) is 17.5 Å². The van der Waals surface area contributed by atoms with Gasteiger partial charge in [-0.1, -0.05) is 11.2 Å². The number of hydrogen-bond acceptors (Lipinski definition) is 5. The van der Waals surface area contributed by atoms with Gasteiger partial charge in [-0.25, -0.2) is 0 Å². The quantitative estimate of drug-likeness (QED) is 0.855. The van der Waals surface area contributed by atoms with Gasteiger partial charge >= 0.3 is 0 Å². The zero-order chi connectivity index (χ0) is 17.2. The maximum atomic E-state index is 12.5. The first-order valence-electron chi connectivity index (χ1n) is 9.01. The van der Waals surface area contributed by atoms with Crippen LogP contribution in [0.15, 0.2) is 22.7 Å². The van der Waals surface area contributed by atoms with Crippen LogP contribution >= 0.6 is 0 Å². The van der Waals surface area contributed by atoms with E-state index in [1.54, 1.807) is 0 Å². The summed E-state index contributed by atoms with van der Waals surface area (Å²) in [5.74, 6) is 2.20. The first-order valence-corrected chi connectivity index (χ1v) is 9.01. The van der Waals surface area contributed by atoms with E-state index >= 15 is 0 Å². The molecule has 25 heavy (non-hydrogen) atoms. The molecule has 132 valence electrons. The molecule has 0 saturated carbocycles. The molecule has 1 fully saturated rings. The van der Waals surface area contributed by atoms with Crippen molar-refractivity contribution in [2.45, 2.75) is 44.9 Å². The molecule has 0 spiro atoms. The second-order valence-electron chi connectivity index (χ2n) is 6.93. The minimum Gasteiger partial charge on any atom is -0.484 e. The van der Waals surface area contributed by atoms with Crippen LogP contribution in [0.25, 0.3) is 0 Å². The molecule has 1 aromatic heterocycles. The minimum absolute atomic E-state index is 0.0152. The van der Waals surface area contributed by atoms with Gasteiger partial charge in [0.05, 0.1) is 5.92 Å². The molecule has 1 aliphatic carbocycles. The lowest BCUT2D eigenvalue weighted by Gasteiger charge is -2.31. The second-order valence-corrected chi connectivity index (χ2v) is 6.93. The molecular weight excluding hydrogens is 318 g/mol. The Hall–Kier alpha value is -2.37. The smallest absolute Gasteiger partial charge is 0.260 e. The zero-order valence-electron chi connectivity index (χ0n) is 14.5. The summed E-state index contributed by atoms with van der Waals surface area (Å²) in [6, 6.07) is 6.17. The maximum absolute atomic E-state index is 12.5. The van der Waals surface area contributed by atoms with Crippen LogP contribution in [0.2, 0.25) is 0 Å². The van der Waals surface area contributed by atoms with E-state index in [4.69, 9.17) is 9.26 Å². The average Bonchev–Trinajstić information content (AvgIpc) is 3.28. The number of piperidine rings is 1. The van der Waals surface area contributed by atoms with E-state index in [-0.39, 0.29) is 18.4 Å². The van der Waals surface area contributed by atoms with Crippen molar-refractivity contribution in [1.82, 2.24) is 15.0 Å². The number of fused-ring (bicyclic) bond motifs is 1. The minimum atomic E-state index is 0.0152. The molecular formula is C19H23N3O3. The van der Waals surface area contributed by atoms with Crippen molar-refractivity contribution in [1.29, 1.82) is 0 Å². The zero-order valence-corrected chi connectivity index (χ0v) is 14.5. The van der Waals surface area contributed by atoms with Crippen LogP contribution in [-0.2, 0) is 17.6 Å². The Kier molecular flexibility index (Phi) is 4.42. The number of hydrogen-bond donors (Lipinski definition) is 0. The molecule has 1 aliphatic heterocycles. The molecule has 1 saturated heterocycles. The summed E-state index contributed by atoms with van der Waals surface area (Å²) in [5.41, 5.74) is 2.77. The molecule has 2 heterocycles. The Bertz CT molecular complexity index is 771. The van der Waals surface area contributed by atoms with Crippen molar-refractivity contribution in [3.8, 4) is 5.75 Å². The summed E-state index contributed by atoms with van der Waals surface area (Å²) >= 11 is 0. The van der Waals surface area contributed by atoms with Gasteiger partial charge in [-0.2, -0.15) is 4.98 Å². The summed E-state index contributed by atoms with van der Waals surface area (Å²) in [4.78, 5) is 18.7. The summed E-state index contributed by atoms with van der Waals surface area (Å²) in [5, 5.41) is 3.85. The number of aromatic nitrogens is 2. The van der Waals surface area contributed by atoms with Gasteiger partial charge in [0.15, 0.2) is 12.4 Å². The van der Waals surface area contributed by atoms with Crippen LogP contribution < -0.4 is 4.74 Å². The van der Waals surface area contributed by atoms with Crippen molar-refractivity contribution < 1.29 is 14.1 Å². The molecule has 1 atom stereocenters. The number of aryl methyl sites for hydroxylation is 3. The molecule has 6 nitrogen and oxygen atoms in total. The van der Waals surface area contributed by atoms with Gasteiger partial charge in [0, 0.05) is 13.1 Å². The van der Waals surface area contributed by atoms with Gasteiger partial charge in [-0.15, -0.1) is 0 Å². The first-order chi connectivity index (χ1) is 12.2. The molecule has 6 heteroatoms. The summed E-state index contributed by atoms with van der Waals surface area (Å²) in [6.07, 6.45) is 5.38. The Morgan fingerprint density at radius 2 is 2.20 bits per heavy atom. The molecule has 1 aromatic carbocycles.